The fourth-order valence-electron chi connectivity index (χ4n) is 2.26. The fraction of sp³-hybridized carbons (Fsp3) is 0.500. The number of nitrogens with one attached hydrogen (secondary N) is 2. The number of amides is 1. The molecule has 0 aromatic heterocycles. The summed E-state index contributed by atoms with van der Waals surface area (Å²) in [4.78, 5) is 12.0. The van der Waals surface area contributed by atoms with Crippen LogP contribution in [0.5, 0.6) is 0 Å². The molecule has 5 nitrogen and oxygen atoms in total. The molecule has 1 heterocycles. The predicted molar refractivity (Wildman–Crippen MR) is 92.1 cm³/mol. The third-order valence-electron chi connectivity index (χ3n) is 3.42. The quantitative estimate of drug-likeness (QED) is 0.750. The first-order valence-corrected chi connectivity index (χ1v) is 9.40. The van der Waals surface area contributed by atoms with E-state index in [9.17, 15) is 13.2 Å². The largest absolute Gasteiger partial charge is 0.352 e. The first-order valence-electron chi connectivity index (χ1n) is 6.96. The molecule has 1 aliphatic heterocycles. The highest BCUT2D eigenvalue weighted by molar-refractivity contribution is 9.10. The maximum atomic E-state index is 12.1. The van der Waals surface area contributed by atoms with Crippen LogP contribution in [0.2, 0.25) is 0 Å². The van der Waals surface area contributed by atoms with E-state index < -0.39 is 9.84 Å². The van der Waals surface area contributed by atoms with E-state index in [-0.39, 0.29) is 36.5 Å². The lowest BCUT2D eigenvalue weighted by Gasteiger charge is -2.11. The molecule has 1 aliphatic rings. The van der Waals surface area contributed by atoms with Gasteiger partial charge in [-0.05, 0) is 43.7 Å². The number of halogens is 2. The van der Waals surface area contributed by atoms with E-state index in [1.165, 1.54) is 0 Å². The molecule has 1 fully saturated rings. The molecule has 124 valence electrons. The molecule has 1 atom stereocenters. The number of hydrogen-bond donors (Lipinski definition) is 2. The summed E-state index contributed by atoms with van der Waals surface area (Å²) in [6.07, 6.45) is 1.51. The van der Waals surface area contributed by atoms with Crippen LogP contribution in [0, 0.1) is 0 Å². The summed E-state index contributed by atoms with van der Waals surface area (Å²) in [5, 5.41) is 6.08. The Morgan fingerprint density at radius 3 is 2.59 bits per heavy atom. The highest BCUT2D eigenvalue weighted by atomic mass is 79.9. The minimum atomic E-state index is -3.31. The minimum absolute atomic E-state index is 0. The van der Waals surface area contributed by atoms with E-state index in [0.29, 0.717) is 11.3 Å². The second-order valence-electron chi connectivity index (χ2n) is 5.13. The molecule has 2 rings (SSSR count). The average molecular weight is 412 g/mol. The molecule has 1 aromatic rings. The number of carbonyl (C=O) groups is 1. The molecule has 0 spiro atoms. The van der Waals surface area contributed by atoms with Crippen LogP contribution in [0.15, 0.2) is 33.6 Å². The number of hydrogen-bond acceptors (Lipinski definition) is 4. The maximum absolute atomic E-state index is 12.1. The Balaban J connectivity index is 0.00000242. The first-order chi connectivity index (χ1) is 9.97. The molecule has 8 heteroatoms. The van der Waals surface area contributed by atoms with Crippen LogP contribution in [-0.2, 0) is 14.6 Å². The number of carbonyl (C=O) groups excluding carboxylic acids is 1. The molecular formula is C14H20BrClN2O3S. The first kappa shape index (κ1) is 19.4. The summed E-state index contributed by atoms with van der Waals surface area (Å²) < 4.78 is 25.1. The Kier molecular flexibility index (Phi) is 7.82. The van der Waals surface area contributed by atoms with Crippen LogP contribution < -0.4 is 10.6 Å². The minimum Gasteiger partial charge on any atom is -0.352 e. The second kappa shape index (κ2) is 8.86. The van der Waals surface area contributed by atoms with Gasteiger partial charge in [-0.2, -0.15) is 0 Å². The zero-order chi connectivity index (χ0) is 15.3. The second-order valence-corrected chi connectivity index (χ2v) is 8.16. The molecule has 0 radical (unpaired) electrons. The smallest absolute Gasteiger partial charge is 0.220 e. The Hall–Kier alpha value is -0.630. The van der Waals surface area contributed by atoms with Crippen LogP contribution in [0.1, 0.15) is 19.3 Å². The summed E-state index contributed by atoms with van der Waals surface area (Å²) in [5.74, 6) is -0.0833. The average Bonchev–Trinajstić information content (AvgIpc) is 2.91. The lowest BCUT2D eigenvalue weighted by atomic mass is 10.2. The summed E-state index contributed by atoms with van der Waals surface area (Å²) in [5.41, 5.74) is 0. The lowest BCUT2D eigenvalue weighted by Crippen LogP contribution is -2.36. The summed E-state index contributed by atoms with van der Waals surface area (Å²) in [7, 11) is -3.31. The van der Waals surface area contributed by atoms with E-state index in [1.807, 2.05) is 0 Å². The lowest BCUT2D eigenvalue weighted by molar-refractivity contribution is -0.121. The summed E-state index contributed by atoms with van der Waals surface area (Å²) in [6.45, 7) is 1.71. The third kappa shape index (κ3) is 5.87. The van der Waals surface area contributed by atoms with Gasteiger partial charge in [0.05, 0.1) is 10.6 Å². The molecule has 1 unspecified atom stereocenters. The predicted octanol–water partition coefficient (Wildman–Crippen LogP) is 1.90. The normalized spacial score (nSPS) is 17.8. The van der Waals surface area contributed by atoms with Crippen LogP contribution in [0.3, 0.4) is 0 Å². The van der Waals surface area contributed by atoms with Gasteiger partial charge in [-0.25, -0.2) is 8.42 Å². The zero-order valence-electron chi connectivity index (χ0n) is 12.0. The van der Waals surface area contributed by atoms with Gasteiger partial charge >= 0.3 is 0 Å². The van der Waals surface area contributed by atoms with Crippen molar-refractivity contribution in [1.29, 1.82) is 0 Å². The van der Waals surface area contributed by atoms with Gasteiger partial charge in [0.15, 0.2) is 9.84 Å². The van der Waals surface area contributed by atoms with Gasteiger partial charge in [0, 0.05) is 23.5 Å². The van der Waals surface area contributed by atoms with Gasteiger partial charge in [-0.1, -0.05) is 15.9 Å². The van der Waals surface area contributed by atoms with Crippen molar-refractivity contribution in [3.63, 3.8) is 0 Å². The molecular weight excluding hydrogens is 392 g/mol. The van der Waals surface area contributed by atoms with Gasteiger partial charge in [0.2, 0.25) is 5.91 Å². The summed E-state index contributed by atoms with van der Waals surface area (Å²) >= 11 is 3.27. The Labute approximate surface area is 145 Å². The van der Waals surface area contributed by atoms with Crippen molar-refractivity contribution in [3.8, 4) is 0 Å². The van der Waals surface area contributed by atoms with Crippen LogP contribution in [-0.4, -0.2) is 39.2 Å². The zero-order valence-corrected chi connectivity index (χ0v) is 15.3. The molecule has 0 saturated carbocycles. The Morgan fingerprint density at radius 2 is 2.00 bits per heavy atom. The molecule has 22 heavy (non-hydrogen) atoms. The summed E-state index contributed by atoms with van der Waals surface area (Å²) in [6, 6.07) is 6.73. The van der Waals surface area contributed by atoms with Gasteiger partial charge in [0.1, 0.15) is 0 Å². The van der Waals surface area contributed by atoms with Crippen molar-refractivity contribution in [2.75, 3.05) is 18.8 Å². The van der Waals surface area contributed by atoms with Crippen molar-refractivity contribution >= 4 is 44.1 Å². The van der Waals surface area contributed by atoms with E-state index >= 15 is 0 Å². The SMILES string of the molecule is Cl.O=C(CCCS(=O)(=O)c1ccc(Br)cc1)NC1CCNC1. The van der Waals surface area contributed by atoms with Crippen LogP contribution in [0.4, 0.5) is 0 Å². The van der Waals surface area contributed by atoms with E-state index in [2.05, 4.69) is 26.6 Å². The van der Waals surface area contributed by atoms with Crippen molar-refractivity contribution in [2.24, 2.45) is 0 Å². The monoisotopic (exact) mass is 410 g/mol. The molecule has 1 amide bonds. The van der Waals surface area contributed by atoms with Crippen molar-refractivity contribution in [3.05, 3.63) is 28.7 Å². The van der Waals surface area contributed by atoms with Gasteiger partial charge in [-0.15, -0.1) is 12.4 Å². The molecule has 0 bridgehead atoms. The van der Waals surface area contributed by atoms with Crippen LogP contribution in [0.25, 0.3) is 0 Å². The molecule has 1 aromatic carbocycles. The van der Waals surface area contributed by atoms with Crippen molar-refractivity contribution < 1.29 is 13.2 Å². The maximum Gasteiger partial charge on any atom is 0.220 e. The van der Waals surface area contributed by atoms with E-state index in [4.69, 9.17) is 0 Å². The highest BCUT2D eigenvalue weighted by Gasteiger charge is 2.18. The van der Waals surface area contributed by atoms with Crippen molar-refractivity contribution in [1.82, 2.24) is 10.6 Å². The van der Waals surface area contributed by atoms with Crippen molar-refractivity contribution in [2.45, 2.75) is 30.2 Å². The number of sulfone groups is 1. The Bertz CT molecular complexity index is 587. The fourth-order valence-corrected chi connectivity index (χ4v) is 3.84. The van der Waals surface area contributed by atoms with Gasteiger partial charge < -0.3 is 10.6 Å². The van der Waals surface area contributed by atoms with Gasteiger partial charge in [0.25, 0.3) is 0 Å². The number of benzene rings is 1. The van der Waals surface area contributed by atoms with Crippen LogP contribution >= 0.6 is 28.3 Å². The molecule has 0 aliphatic carbocycles. The molecule has 1 saturated heterocycles. The topological polar surface area (TPSA) is 75.3 Å². The Morgan fingerprint density at radius 1 is 1.32 bits per heavy atom. The standard InChI is InChI=1S/C14H19BrN2O3S.ClH/c15-11-3-5-13(6-4-11)21(19,20)9-1-2-14(18)17-12-7-8-16-10-12;/h3-6,12,16H,1-2,7-10H2,(H,17,18);1H. The molecule has 2 N–H and O–H groups in total. The highest BCUT2D eigenvalue weighted by Crippen LogP contribution is 2.16. The number of rotatable bonds is 6. The van der Waals surface area contributed by atoms with E-state index in [1.54, 1.807) is 24.3 Å². The third-order valence-corrected chi connectivity index (χ3v) is 5.76. The van der Waals surface area contributed by atoms with E-state index in [0.717, 1.165) is 24.0 Å². The van der Waals surface area contributed by atoms with Gasteiger partial charge in [-0.3, -0.25) is 4.79 Å².